The molecular weight excluding hydrogens is 363 g/mol. The van der Waals surface area contributed by atoms with Gasteiger partial charge in [-0.25, -0.2) is 15.0 Å². The molecule has 0 aliphatic carbocycles. The van der Waals surface area contributed by atoms with E-state index in [1.807, 2.05) is 12.1 Å². The van der Waals surface area contributed by atoms with Gasteiger partial charge in [-0.1, -0.05) is 23.2 Å². The highest BCUT2D eigenvalue weighted by molar-refractivity contribution is 6.32. The van der Waals surface area contributed by atoms with E-state index < -0.39 is 0 Å². The van der Waals surface area contributed by atoms with Gasteiger partial charge in [0.15, 0.2) is 5.82 Å². The van der Waals surface area contributed by atoms with Crippen LogP contribution in [0.25, 0.3) is 11.0 Å². The predicted molar refractivity (Wildman–Crippen MR) is 96.9 cm³/mol. The number of benzene rings is 1. The summed E-state index contributed by atoms with van der Waals surface area (Å²) >= 11 is 12.3. The first-order valence-corrected chi connectivity index (χ1v) is 8.49. The topological polar surface area (TPSA) is 69.2 Å². The van der Waals surface area contributed by atoms with E-state index >= 15 is 0 Å². The third-order valence-electron chi connectivity index (χ3n) is 3.82. The maximum atomic E-state index is 6.32. The lowest BCUT2D eigenvalue weighted by molar-refractivity contribution is -0.0508. The fourth-order valence-electron chi connectivity index (χ4n) is 2.43. The van der Waals surface area contributed by atoms with Gasteiger partial charge in [-0.15, -0.1) is 0 Å². The van der Waals surface area contributed by atoms with Crippen LogP contribution >= 0.6 is 23.2 Å². The van der Waals surface area contributed by atoms with Crippen molar-refractivity contribution in [1.82, 2.24) is 15.0 Å². The SMILES string of the molecule is Clc1ccc2ncnc(Nc3ccc(OCC4COC4)c(Cl)c3)c2n1. The molecule has 0 amide bonds. The molecule has 6 nitrogen and oxygen atoms in total. The second-order valence-electron chi connectivity index (χ2n) is 5.71. The van der Waals surface area contributed by atoms with Gasteiger partial charge in [0.2, 0.25) is 0 Å². The van der Waals surface area contributed by atoms with Crippen molar-refractivity contribution in [3.8, 4) is 5.75 Å². The van der Waals surface area contributed by atoms with E-state index in [2.05, 4.69) is 20.3 Å². The Bertz CT molecular complexity index is 918. The van der Waals surface area contributed by atoms with Crippen LogP contribution < -0.4 is 10.1 Å². The maximum absolute atomic E-state index is 6.32. The highest BCUT2D eigenvalue weighted by Gasteiger charge is 2.19. The van der Waals surface area contributed by atoms with Crippen LogP contribution in [0.5, 0.6) is 5.75 Å². The molecule has 1 fully saturated rings. The highest BCUT2D eigenvalue weighted by Crippen LogP contribution is 2.30. The van der Waals surface area contributed by atoms with Crippen molar-refractivity contribution in [2.45, 2.75) is 0 Å². The molecule has 0 bridgehead atoms. The molecule has 3 aromatic rings. The summed E-state index contributed by atoms with van der Waals surface area (Å²) in [6, 6.07) is 8.97. The van der Waals surface area contributed by atoms with Crippen LogP contribution in [-0.4, -0.2) is 34.8 Å². The van der Waals surface area contributed by atoms with Gasteiger partial charge >= 0.3 is 0 Å². The molecule has 0 spiro atoms. The molecule has 1 saturated heterocycles. The standard InChI is InChI=1S/C17H14Cl2N4O2/c18-12-5-11(1-3-14(12)25-8-10-6-24-7-10)22-17-16-13(20-9-21-17)2-4-15(19)23-16/h1-5,9-10H,6-8H2,(H,20,21,22). The lowest BCUT2D eigenvalue weighted by atomic mass is 10.1. The second-order valence-corrected chi connectivity index (χ2v) is 6.50. The van der Waals surface area contributed by atoms with Gasteiger partial charge in [-0.05, 0) is 30.3 Å². The zero-order valence-corrected chi connectivity index (χ0v) is 14.6. The Hall–Kier alpha value is -2.15. The third kappa shape index (κ3) is 3.61. The number of halogens is 2. The van der Waals surface area contributed by atoms with Gasteiger partial charge < -0.3 is 14.8 Å². The lowest BCUT2D eigenvalue weighted by Gasteiger charge is -2.25. The highest BCUT2D eigenvalue weighted by atomic mass is 35.5. The van der Waals surface area contributed by atoms with Gasteiger partial charge in [0.05, 0.1) is 30.4 Å². The molecule has 1 aliphatic rings. The van der Waals surface area contributed by atoms with Gasteiger partial charge in [0.25, 0.3) is 0 Å². The quantitative estimate of drug-likeness (QED) is 0.676. The maximum Gasteiger partial charge on any atom is 0.160 e. The Morgan fingerprint density at radius 1 is 1.16 bits per heavy atom. The van der Waals surface area contributed by atoms with Crippen LogP contribution in [0, 0.1) is 5.92 Å². The number of anilines is 2. The van der Waals surface area contributed by atoms with Crippen molar-refractivity contribution in [1.29, 1.82) is 0 Å². The summed E-state index contributed by atoms with van der Waals surface area (Å²) in [4.78, 5) is 12.7. The molecule has 3 heterocycles. The Morgan fingerprint density at radius 2 is 2.04 bits per heavy atom. The monoisotopic (exact) mass is 376 g/mol. The van der Waals surface area contributed by atoms with Crippen molar-refractivity contribution in [3.05, 3.63) is 46.8 Å². The van der Waals surface area contributed by atoms with E-state index in [0.717, 1.165) is 18.9 Å². The molecule has 0 atom stereocenters. The second kappa shape index (κ2) is 7.00. The van der Waals surface area contributed by atoms with Crippen molar-refractivity contribution in [2.75, 3.05) is 25.1 Å². The molecule has 0 saturated carbocycles. The third-order valence-corrected chi connectivity index (χ3v) is 4.33. The minimum atomic E-state index is 0.382. The molecule has 1 aromatic carbocycles. The van der Waals surface area contributed by atoms with Crippen LogP contribution in [0.15, 0.2) is 36.7 Å². The van der Waals surface area contributed by atoms with Crippen LogP contribution in [0.4, 0.5) is 11.5 Å². The zero-order chi connectivity index (χ0) is 17.2. The average Bonchev–Trinajstić information content (AvgIpc) is 2.56. The summed E-state index contributed by atoms with van der Waals surface area (Å²) in [6.45, 7) is 2.09. The first-order valence-electron chi connectivity index (χ1n) is 7.73. The molecule has 1 aliphatic heterocycles. The van der Waals surface area contributed by atoms with Crippen LogP contribution in [0.3, 0.4) is 0 Å². The van der Waals surface area contributed by atoms with Gasteiger partial charge in [-0.3, -0.25) is 0 Å². The molecule has 0 radical (unpaired) electrons. The summed E-state index contributed by atoms with van der Waals surface area (Å²) in [7, 11) is 0. The predicted octanol–water partition coefficient (Wildman–Crippen LogP) is 4.10. The van der Waals surface area contributed by atoms with Crippen LogP contribution in [0.2, 0.25) is 10.2 Å². The Balaban J connectivity index is 1.54. The lowest BCUT2D eigenvalue weighted by Crippen LogP contribution is -2.32. The molecule has 1 N–H and O–H groups in total. The minimum absolute atomic E-state index is 0.382. The van der Waals surface area contributed by atoms with E-state index in [1.165, 1.54) is 6.33 Å². The van der Waals surface area contributed by atoms with Crippen molar-refractivity contribution in [3.63, 3.8) is 0 Å². The fraction of sp³-hybridized carbons (Fsp3) is 0.235. The Morgan fingerprint density at radius 3 is 2.80 bits per heavy atom. The number of aromatic nitrogens is 3. The van der Waals surface area contributed by atoms with Crippen LogP contribution in [-0.2, 0) is 4.74 Å². The number of fused-ring (bicyclic) bond motifs is 1. The fourth-order valence-corrected chi connectivity index (χ4v) is 2.81. The van der Waals surface area contributed by atoms with E-state index in [-0.39, 0.29) is 0 Å². The summed E-state index contributed by atoms with van der Waals surface area (Å²) < 4.78 is 10.9. The summed E-state index contributed by atoms with van der Waals surface area (Å²) in [5, 5.41) is 4.10. The molecule has 25 heavy (non-hydrogen) atoms. The number of rotatable bonds is 5. The van der Waals surface area contributed by atoms with E-state index in [0.29, 0.717) is 45.3 Å². The number of nitrogens with one attached hydrogen (secondary N) is 1. The number of hydrogen-bond acceptors (Lipinski definition) is 6. The number of ether oxygens (including phenoxy) is 2. The van der Waals surface area contributed by atoms with E-state index in [1.54, 1.807) is 18.2 Å². The van der Waals surface area contributed by atoms with E-state index in [9.17, 15) is 0 Å². The number of pyridine rings is 1. The van der Waals surface area contributed by atoms with Crippen molar-refractivity contribution >= 4 is 45.7 Å². The minimum Gasteiger partial charge on any atom is -0.492 e. The smallest absolute Gasteiger partial charge is 0.160 e. The van der Waals surface area contributed by atoms with Crippen LogP contribution in [0.1, 0.15) is 0 Å². The number of hydrogen-bond donors (Lipinski definition) is 1. The van der Waals surface area contributed by atoms with Gasteiger partial charge in [-0.2, -0.15) is 0 Å². The normalized spacial score (nSPS) is 14.3. The molecule has 128 valence electrons. The summed E-state index contributed by atoms with van der Waals surface area (Å²) in [5.74, 6) is 1.65. The average molecular weight is 377 g/mol. The first kappa shape index (κ1) is 16.3. The van der Waals surface area contributed by atoms with Crippen molar-refractivity contribution in [2.24, 2.45) is 5.92 Å². The molecule has 8 heteroatoms. The molecule has 4 rings (SSSR count). The van der Waals surface area contributed by atoms with Gasteiger partial charge in [0, 0.05) is 11.6 Å². The molecular formula is C17H14Cl2N4O2. The largest absolute Gasteiger partial charge is 0.492 e. The summed E-state index contributed by atoms with van der Waals surface area (Å²) in [5.41, 5.74) is 2.07. The van der Waals surface area contributed by atoms with E-state index in [4.69, 9.17) is 32.7 Å². The molecule has 2 aromatic heterocycles. The van der Waals surface area contributed by atoms with Crippen molar-refractivity contribution < 1.29 is 9.47 Å². The van der Waals surface area contributed by atoms with Gasteiger partial charge in [0.1, 0.15) is 22.7 Å². The first-order chi connectivity index (χ1) is 12.2. The summed E-state index contributed by atoms with van der Waals surface area (Å²) in [6.07, 6.45) is 1.47. The number of nitrogens with zero attached hydrogens (tertiary/aromatic N) is 3. The zero-order valence-electron chi connectivity index (χ0n) is 13.1. The molecule has 0 unspecified atom stereocenters. The Labute approximate surface area is 154 Å². The Kier molecular flexibility index (Phi) is 4.57.